The summed E-state index contributed by atoms with van der Waals surface area (Å²) in [6, 6.07) is 2.07. The highest BCUT2D eigenvalue weighted by Gasteiger charge is 2.13. The molecule has 2 atom stereocenters. The molecule has 0 radical (unpaired) electrons. The molecule has 0 aliphatic heterocycles. The van der Waals surface area contributed by atoms with Crippen LogP contribution in [0.15, 0.2) is 6.07 Å². The van der Waals surface area contributed by atoms with E-state index >= 15 is 0 Å². The molecule has 0 saturated heterocycles. The van der Waals surface area contributed by atoms with Gasteiger partial charge in [-0.2, -0.15) is 0 Å². The van der Waals surface area contributed by atoms with Gasteiger partial charge in [0, 0.05) is 31.2 Å². The van der Waals surface area contributed by atoms with E-state index in [-0.39, 0.29) is 24.5 Å². The Morgan fingerprint density at radius 3 is 2.32 bits per heavy atom. The number of nitrogens with one attached hydrogen (secondary N) is 2. The molecule has 0 aromatic carbocycles. The number of hydrogen-bond acceptors (Lipinski definition) is 5. The Bertz CT molecular complexity index is 395. The molecule has 5 nitrogen and oxygen atoms in total. The Kier molecular flexibility index (Phi) is 6.02. The van der Waals surface area contributed by atoms with Crippen LogP contribution in [0.1, 0.15) is 46.4 Å². The maximum atomic E-state index is 9.18. The van der Waals surface area contributed by atoms with Gasteiger partial charge >= 0.3 is 0 Å². The van der Waals surface area contributed by atoms with Crippen LogP contribution in [-0.2, 0) is 0 Å². The van der Waals surface area contributed by atoms with Gasteiger partial charge in [0.15, 0.2) is 0 Å². The minimum Gasteiger partial charge on any atom is -0.396 e. The molecule has 1 rings (SSSR count). The van der Waals surface area contributed by atoms with Gasteiger partial charge in [-0.3, -0.25) is 0 Å². The predicted molar refractivity (Wildman–Crippen MR) is 79.6 cm³/mol. The van der Waals surface area contributed by atoms with Crippen molar-refractivity contribution in [3.05, 3.63) is 11.9 Å². The fourth-order valence-electron chi connectivity index (χ4n) is 1.60. The van der Waals surface area contributed by atoms with Crippen molar-refractivity contribution in [2.24, 2.45) is 5.92 Å². The first kappa shape index (κ1) is 15.7. The molecule has 1 heterocycles. The van der Waals surface area contributed by atoms with Crippen molar-refractivity contribution in [2.75, 3.05) is 23.8 Å². The van der Waals surface area contributed by atoms with E-state index in [2.05, 4.69) is 34.4 Å². The van der Waals surface area contributed by atoms with E-state index in [0.29, 0.717) is 0 Å². The molecule has 0 aliphatic carbocycles. The summed E-state index contributed by atoms with van der Waals surface area (Å²) in [4.78, 5) is 9.01. The van der Waals surface area contributed by atoms with E-state index in [1.165, 1.54) is 0 Å². The van der Waals surface area contributed by atoms with Crippen LogP contribution in [0.25, 0.3) is 0 Å². The van der Waals surface area contributed by atoms with Gasteiger partial charge in [0.1, 0.15) is 17.5 Å². The number of aliphatic hydroxyl groups is 1. The van der Waals surface area contributed by atoms with Gasteiger partial charge in [-0.1, -0.05) is 20.8 Å². The van der Waals surface area contributed by atoms with Crippen molar-refractivity contribution in [1.82, 2.24) is 9.97 Å². The Morgan fingerprint density at radius 1 is 1.16 bits per heavy atom. The van der Waals surface area contributed by atoms with Gasteiger partial charge in [-0.15, -0.1) is 0 Å². The molecule has 19 heavy (non-hydrogen) atoms. The molecule has 3 N–H and O–H groups in total. The summed E-state index contributed by atoms with van der Waals surface area (Å²) in [5.74, 6) is 2.93. The Balaban J connectivity index is 2.92. The second-order valence-electron chi connectivity index (χ2n) is 5.27. The molecule has 1 aromatic heterocycles. The lowest BCUT2D eigenvalue weighted by molar-refractivity contribution is 0.226. The predicted octanol–water partition coefficient (Wildman–Crippen LogP) is 2.46. The summed E-state index contributed by atoms with van der Waals surface area (Å²) in [7, 11) is 0. The molecule has 108 valence electrons. The number of nitrogens with zero attached hydrogens (tertiary/aromatic N) is 2. The van der Waals surface area contributed by atoms with Crippen LogP contribution in [0.5, 0.6) is 0 Å². The lowest BCUT2D eigenvalue weighted by Gasteiger charge is -2.21. The number of hydrogen-bond donors (Lipinski definition) is 3. The molecule has 0 saturated carbocycles. The maximum Gasteiger partial charge on any atom is 0.135 e. The lowest BCUT2D eigenvalue weighted by atomic mass is 10.1. The summed E-state index contributed by atoms with van der Waals surface area (Å²) in [6.45, 7) is 11.2. The minimum atomic E-state index is 0.161. The Hall–Kier alpha value is -1.36. The van der Waals surface area contributed by atoms with Crippen LogP contribution in [0.4, 0.5) is 11.6 Å². The fraction of sp³-hybridized carbons (Fsp3) is 0.714. The van der Waals surface area contributed by atoms with Gasteiger partial charge in [-0.25, -0.2) is 9.97 Å². The van der Waals surface area contributed by atoms with Gasteiger partial charge in [0.2, 0.25) is 0 Å². The third-order valence-electron chi connectivity index (χ3n) is 3.13. The van der Waals surface area contributed by atoms with Crippen LogP contribution in [0.2, 0.25) is 0 Å². The zero-order chi connectivity index (χ0) is 14.4. The van der Waals surface area contributed by atoms with Crippen LogP contribution >= 0.6 is 0 Å². The Labute approximate surface area is 115 Å². The number of aliphatic hydroxyl groups excluding tert-OH is 1. The molecule has 2 unspecified atom stereocenters. The van der Waals surface area contributed by atoms with E-state index < -0.39 is 0 Å². The highest BCUT2D eigenvalue weighted by Crippen LogP contribution is 2.18. The molecule has 0 amide bonds. The average Bonchev–Trinajstić information content (AvgIpc) is 2.37. The van der Waals surface area contributed by atoms with Crippen molar-refractivity contribution < 1.29 is 5.11 Å². The van der Waals surface area contributed by atoms with E-state index in [9.17, 15) is 5.11 Å². The topological polar surface area (TPSA) is 70.1 Å². The third-order valence-corrected chi connectivity index (χ3v) is 3.13. The SMILES string of the molecule is CCNc1cc(NC(C)C(C)CO)nc(C(C)C)n1. The molecule has 0 aliphatic rings. The molecule has 0 spiro atoms. The van der Waals surface area contributed by atoms with E-state index in [1.807, 2.05) is 26.8 Å². The van der Waals surface area contributed by atoms with Gasteiger partial charge in [-0.05, 0) is 19.8 Å². The van der Waals surface area contributed by atoms with Crippen molar-refractivity contribution in [1.29, 1.82) is 0 Å². The fourth-order valence-corrected chi connectivity index (χ4v) is 1.60. The van der Waals surface area contributed by atoms with Crippen LogP contribution in [0, 0.1) is 5.92 Å². The standard InChI is InChI=1S/C14H26N4O/c1-6-15-12-7-13(16-11(5)10(4)8-19)18-14(17-12)9(2)3/h7,9-11,19H,6,8H2,1-5H3,(H2,15,16,17,18). The van der Waals surface area contributed by atoms with Crippen LogP contribution in [-0.4, -0.2) is 34.3 Å². The summed E-state index contributed by atoms with van der Waals surface area (Å²) < 4.78 is 0. The molecular formula is C14H26N4O. The zero-order valence-electron chi connectivity index (χ0n) is 12.6. The quantitative estimate of drug-likeness (QED) is 0.707. The average molecular weight is 266 g/mol. The minimum absolute atomic E-state index is 0.161. The largest absolute Gasteiger partial charge is 0.396 e. The maximum absolute atomic E-state index is 9.18. The first-order valence-electron chi connectivity index (χ1n) is 6.98. The third kappa shape index (κ3) is 4.67. The van der Waals surface area contributed by atoms with E-state index in [1.54, 1.807) is 0 Å². The van der Waals surface area contributed by atoms with Gasteiger partial charge in [0.25, 0.3) is 0 Å². The Morgan fingerprint density at radius 2 is 1.79 bits per heavy atom. The van der Waals surface area contributed by atoms with E-state index in [4.69, 9.17) is 0 Å². The lowest BCUT2D eigenvalue weighted by Crippen LogP contribution is -2.27. The monoisotopic (exact) mass is 266 g/mol. The number of aromatic nitrogens is 2. The summed E-state index contributed by atoms with van der Waals surface area (Å²) in [5, 5.41) is 15.7. The van der Waals surface area contributed by atoms with Crippen molar-refractivity contribution in [2.45, 2.75) is 46.6 Å². The summed E-state index contributed by atoms with van der Waals surface area (Å²) in [5.41, 5.74) is 0. The molecular weight excluding hydrogens is 240 g/mol. The second-order valence-corrected chi connectivity index (χ2v) is 5.27. The van der Waals surface area contributed by atoms with Crippen LogP contribution in [0.3, 0.4) is 0 Å². The zero-order valence-corrected chi connectivity index (χ0v) is 12.6. The number of anilines is 2. The molecule has 0 bridgehead atoms. The molecule has 0 fully saturated rings. The number of rotatable bonds is 7. The highest BCUT2D eigenvalue weighted by atomic mass is 16.3. The van der Waals surface area contributed by atoms with Gasteiger partial charge in [0.05, 0.1) is 0 Å². The summed E-state index contributed by atoms with van der Waals surface area (Å²) >= 11 is 0. The molecule has 5 heteroatoms. The van der Waals surface area contributed by atoms with Crippen molar-refractivity contribution >= 4 is 11.6 Å². The van der Waals surface area contributed by atoms with Crippen LogP contribution < -0.4 is 10.6 Å². The van der Waals surface area contributed by atoms with Crippen molar-refractivity contribution in [3.8, 4) is 0 Å². The smallest absolute Gasteiger partial charge is 0.135 e. The van der Waals surface area contributed by atoms with Gasteiger partial charge < -0.3 is 15.7 Å². The highest BCUT2D eigenvalue weighted by molar-refractivity contribution is 5.48. The summed E-state index contributed by atoms with van der Waals surface area (Å²) in [6.07, 6.45) is 0. The second kappa shape index (κ2) is 7.28. The first-order chi connectivity index (χ1) is 8.97. The first-order valence-corrected chi connectivity index (χ1v) is 6.98. The normalized spacial score (nSPS) is 14.3. The molecule has 1 aromatic rings. The van der Waals surface area contributed by atoms with Crippen molar-refractivity contribution in [3.63, 3.8) is 0 Å². The van der Waals surface area contributed by atoms with E-state index in [0.717, 1.165) is 24.0 Å².